The van der Waals surface area contributed by atoms with Crippen molar-refractivity contribution >= 4 is 17.1 Å². The van der Waals surface area contributed by atoms with Crippen LogP contribution >= 0.6 is 0 Å². The van der Waals surface area contributed by atoms with E-state index in [0.29, 0.717) is 0 Å². The lowest BCUT2D eigenvalue weighted by atomic mass is 10.1. The molecular weight excluding hydrogens is 306 g/mol. The van der Waals surface area contributed by atoms with Crippen LogP contribution in [0, 0.1) is 0 Å². The molecule has 0 aliphatic heterocycles. The van der Waals surface area contributed by atoms with Crippen molar-refractivity contribution in [3.63, 3.8) is 0 Å². The molecule has 122 valence electrons. The van der Waals surface area contributed by atoms with E-state index in [0.717, 1.165) is 5.56 Å². The largest absolute Gasteiger partial charge is 0.373 e. The normalized spacial score (nSPS) is 12.1. The summed E-state index contributed by atoms with van der Waals surface area (Å²) in [6.07, 6.45) is 1.62. The molecule has 0 aliphatic carbocycles. The van der Waals surface area contributed by atoms with Gasteiger partial charge in [-0.3, -0.25) is 14.4 Å². The van der Waals surface area contributed by atoms with Crippen LogP contribution in [0.1, 0.15) is 18.5 Å². The van der Waals surface area contributed by atoms with E-state index in [-0.39, 0.29) is 28.7 Å². The summed E-state index contributed by atoms with van der Waals surface area (Å²) >= 11 is 0. The maximum absolute atomic E-state index is 12.0. The monoisotopic (exact) mass is 323 g/mol. The maximum Gasteiger partial charge on any atom is 0.273 e. The van der Waals surface area contributed by atoms with Crippen LogP contribution in [0.2, 0.25) is 0 Å². The van der Waals surface area contributed by atoms with Gasteiger partial charge in [0.2, 0.25) is 0 Å². The number of aryl methyl sites for hydroxylation is 1. The Labute approximate surface area is 138 Å². The highest BCUT2D eigenvalue weighted by Gasteiger charge is 2.23. The predicted octanol–water partition coefficient (Wildman–Crippen LogP) is 1.90. The summed E-state index contributed by atoms with van der Waals surface area (Å²) in [7, 11) is 1.62. The Hall–Kier alpha value is -3.15. The molecule has 0 saturated heterocycles. The van der Waals surface area contributed by atoms with Gasteiger partial charge in [-0.1, -0.05) is 30.3 Å². The van der Waals surface area contributed by atoms with Crippen molar-refractivity contribution in [3.05, 3.63) is 85.0 Å². The maximum atomic E-state index is 12.0. The molecule has 2 N–H and O–H groups in total. The molecule has 0 spiro atoms. The van der Waals surface area contributed by atoms with Crippen LogP contribution in [0.15, 0.2) is 63.0 Å². The third-order valence-corrected chi connectivity index (χ3v) is 3.95. The molecule has 3 rings (SSSR count). The van der Waals surface area contributed by atoms with E-state index in [9.17, 15) is 14.4 Å². The van der Waals surface area contributed by atoms with Crippen LogP contribution in [0.4, 0.5) is 17.1 Å². The number of benzene rings is 1. The number of hydrogen-bond donors (Lipinski definition) is 2. The average molecular weight is 323 g/mol. The van der Waals surface area contributed by atoms with Crippen LogP contribution in [0.25, 0.3) is 0 Å². The number of anilines is 3. The fraction of sp³-hybridized carbons (Fsp3) is 0.167. The smallest absolute Gasteiger partial charge is 0.273 e. The zero-order valence-electron chi connectivity index (χ0n) is 13.4. The molecule has 0 bridgehead atoms. The quantitative estimate of drug-likeness (QED) is 0.701. The van der Waals surface area contributed by atoms with Gasteiger partial charge in [0.1, 0.15) is 17.1 Å². The number of nitrogens with one attached hydrogen (secondary N) is 2. The Kier molecular flexibility index (Phi) is 4.04. The van der Waals surface area contributed by atoms with Crippen molar-refractivity contribution in [1.29, 1.82) is 0 Å². The molecule has 1 heterocycles. The molecule has 0 amide bonds. The minimum Gasteiger partial charge on any atom is -0.373 e. The second-order valence-corrected chi connectivity index (χ2v) is 5.65. The van der Waals surface area contributed by atoms with Crippen LogP contribution in [-0.4, -0.2) is 4.57 Å². The van der Waals surface area contributed by atoms with Crippen LogP contribution in [0.3, 0.4) is 0 Å². The van der Waals surface area contributed by atoms with Crippen molar-refractivity contribution in [3.8, 4) is 0 Å². The molecule has 0 saturated carbocycles. The van der Waals surface area contributed by atoms with Gasteiger partial charge >= 0.3 is 0 Å². The van der Waals surface area contributed by atoms with Crippen LogP contribution in [-0.2, 0) is 7.05 Å². The Bertz CT molecular complexity index is 999. The number of nitrogens with zero attached hydrogens (tertiary/aromatic N) is 1. The third-order valence-electron chi connectivity index (χ3n) is 3.95. The predicted molar refractivity (Wildman–Crippen MR) is 94.8 cm³/mol. The summed E-state index contributed by atoms with van der Waals surface area (Å²) < 4.78 is 1.40. The lowest BCUT2D eigenvalue weighted by Gasteiger charge is -2.19. The van der Waals surface area contributed by atoms with Gasteiger partial charge in [-0.25, -0.2) is 0 Å². The topological polar surface area (TPSA) is 80.2 Å². The highest BCUT2D eigenvalue weighted by Crippen LogP contribution is 2.23. The Morgan fingerprint density at radius 2 is 1.58 bits per heavy atom. The molecule has 0 radical (unpaired) electrons. The first-order valence-corrected chi connectivity index (χ1v) is 7.56. The van der Waals surface area contributed by atoms with Gasteiger partial charge in [0.25, 0.3) is 16.4 Å². The molecule has 1 atom stereocenters. The lowest BCUT2D eigenvalue weighted by molar-refractivity contribution is 0.862. The van der Waals surface area contributed by atoms with Crippen LogP contribution < -0.4 is 27.1 Å². The van der Waals surface area contributed by atoms with Crippen molar-refractivity contribution in [2.24, 2.45) is 7.05 Å². The number of aromatic nitrogens is 1. The van der Waals surface area contributed by atoms with E-state index in [4.69, 9.17) is 0 Å². The molecule has 3 aromatic rings. The summed E-state index contributed by atoms with van der Waals surface area (Å²) in [5, 5.41) is 5.84. The fourth-order valence-electron chi connectivity index (χ4n) is 2.52. The van der Waals surface area contributed by atoms with Gasteiger partial charge in [0.05, 0.1) is 0 Å². The van der Waals surface area contributed by atoms with Gasteiger partial charge in [-0.2, -0.15) is 0 Å². The molecule has 6 heteroatoms. The number of pyridine rings is 1. The van der Waals surface area contributed by atoms with E-state index in [1.54, 1.807) is 25.4 Å². The molecule has 24 heavy (non-hydrogen) atoms. The first kappa shape index (κ1) is 15.7. The summed E-state index contributed by atoms with van der Waals surface area (Å²) in [5.74, 6) is 0. The van der Waals surface area contributed by atoms with Gasteiger partial charge in [0, 0.05) is 19.3 Å². The van der Waals surface area contributed by atoms with Gasteiger partial charge < -0.3 is 15.2 Å². The SMILES string of the molecule is C[C@@H](Nc1c(Nc2cccn(C)c2=O)c(=O)c1=O)c1ccccc1. The van der Waals surface area contributed by atoms with E-state index in [1.807, 2.05) is 37.3 Å². The van der Waals surface area contributed by atoms with E-state index >= 15 is 0 Å². The molecular formula is C18H17N3O3. The summed E-state index contributed by atoms with van der Waals surface area (Å²) in [6, 6.07) is 12.7. The lowest BCUT2D eigenvalue weighted by Crippen LogP contribution is -2.38. The van der Waals surface area contributed by atoms with Crippen molar-refractivity contribution < 1.29 is 0 Å². The molecule has 2 aromatic carbocycles. The summed E-state index contributed by atoms with van der Waals surface area (Å²) in [6.45, 7) is 1.90. The second-order valence-electron chi connectivity index (χ2n) is 5.65. The molecule has 6 nitrogen and oxygen atoms in total. The first-order valence-electron chi connectivity index (χ1n) is 7.56. The Morgan fingerprint density at radius 3 is 2.29 bits per heavy atom. The second kappa shape index (κ2) is 6.16. The van der Waals surface area contributed by atoms with Crippen molar-refractivity contribution in [1.82, 2.24) is 4.57 Å². The fourth-order valence-corrected chi connectivity index (χ4v) is 2.52. The molecule has 0 unspecified atom stereocenters. The minimum absolute atomic E-state index is 0.131. The van der Waals surface area contributed by atoms with Crippen molar-refractivity contribution in [2.45, 2.75) is 13.0 Å². The van der Waals surface area contributed by atoms with Gasteiger partial charge in [-0.15, -0.1) is 0 Å². The molecule has 0 fully saturated rings. The van der Waals surface area contributed by atoms with Crippen molar-refractivity contribution in [2.75, 3.05) is 10.6 Å². The van der Waals surface area contributed by atoms with Gasteiger partial charge in [0.15, 0.2) is 0 Å². The average Bonchev–Trinajstić information content (AvgIpc) is 2.61. The first-order chi connectivity index (χ1) is 11.5. The van der Waals surface area contributed by atoms with E-state index in [2.05, 4.69) is 10.6 Å². The molecule has 1 aromatic heterocycles. The van der Waals surface area contributed by atoms with Crippen LogP contribution in [0.5, 0.6) is 0 Å². The number of hydrogen-bond acceptors (Lipinski definition) is 5. The minimum atomic E-state index is -0.622. The Balaban J connectivity index is 1.88. The van der Waals surface area contributed by atoms with E-state index < -0.39 is 10.9 Å². The summed E-state index contributed by atoms with van der Waals surface area (Å²) in [5.41, 5.74) is 0.118. The zero-order chi connectivity index (χ0) is 17.3. The summed E-state index contributed by atoms with van der Waals surface area (Å²) in [4.78, 5) is 35.8. The Morgan fingerprint density at radius 1 is 0.917 bits per heavy atom. The standard InChI is InChI=1S/C18H17N3O3/c1-11(12-7-4-3-5-8-12)19-14-15(17(23)16(14)22)20-13-9-6-10-21(2)18(13)24/h3-11,19-20H,1-2H3/t11-/m1/s1. The highest BCUT2D eigenvalue weighted by atomic mass is 16.2. The third kappa shape index (κ3) is 2.74. The number of rotatable bonds is 5. The zero-order valence-corrected chi connectivity index (χ0v) is 13.4. The van der Waals surface area contributed by atoms with E-state index in [1.165, 1.54) is 4.57 Å². The molecule has 0 aliphatic rings. The van der Waals surface area contributed by atoms with Gasteiger partial charge in [-0.05, 0) is 24.6 Å². The highest BCUT2D eigenvalue weighted by molar-refractivity contribution is 5.78.